The molecular formula is C19H30S3. The summed E-state index contributed by atoms with van der Waals surface area (Å²) in [5, 5.41) is 0. The van der Waals surface area contributed by atoms with Crippen molar-refractivity contribution >= 4 is 39.3 Å². The van der Waals surface area contributed by atoms with Gasteiger partial charge in [0.25, 0.3) is 0 Å². The van der Waals surface area contributed by atoms with E-state index in [1.165, 1.54) is 61.8 Å². The molecule has 1 aromatic rings. The first-order chi connectivity index (χ1) is 10.7. The van der Waals surface area contributed by atoms with Crippen LogP contribution >= 0.6 is 35.7 Å². The lowest BCUT2D eigenvalue weighted by Crippen LogP contribution is -1.93. The molecule has 0 bridgehead atoms. The molecule has 1 rings (SSSR count). The maximum Gasteiger partial charge on any atom is 0.104 e. The second-order valence-electron chi connectivity index (χ2n) is 5.81. The van der Waals surface area contributed by atoms with Crippen molar-refractivity contribution in [1.82, 2.24) is 0 Å². The number of thioether (sulfide) groups is 2. The van der Waals surface area contributed by atoms with E-state index in [-0.39, 0.29) is 0 Å². The van der Waals surface area contributed by atoms with Crippen molar-refractivity contribution in [2.75, 3.05) is 11.5 Å². The van der Waals surface area contributed by atoms with Crippen LogP contribution in [0.4, 0.5) is 0 Å². The van der Waals surface area contributed by atoms with Crippen LogP contribution < -0.4 is 0 Å². The van der Waals surface area contributed by atoms with E-state index in [2.05, 4.69) is 38.1 Å². The van der Waals surface area contributed by atoms with Crippen LogP contribution in [0.25, 0.3) is 0 Å². The van der Waals surface area contributed by atoms with Crippen LogP contribution in [0, 0.1) is 6.92 Å². The Morgan fingerprint density at radius 1 is 0.955 bits per heavy atom. The Bertz CT molecular complexity index is 415. The molecule has 0 saturated heterocycles. The first kappa shape index (κ1) is 20.1. The maximum absolute atomic E-state index is 5.46. The molecule has 0 aromatic heterocycles. The maximum atomic E-state index is 5.46. The zero-order valence-corrected chi connectivity index (χ0v) is 16.6. The standard InChI is InChI=1S/C19H30S3/c1-3-4-5-6-7-8-9-14-21-19(20)22-15-13-18-12-10-11-17(2)16-18/h10-12,16H,3-9,13-15H2,1-2H3. The van der Waals surface area contributed by atoms with Gasteiger partial charge in [0, 0.05) is 5.75 Å². The Morgan fingerprint density at radius 3 is 2.36 bits per heavy atom. The number of hydrogen-bond donors (Lipinski definition) is 0. The summed E-state index contributed by atoms with van der Waals surface area (Å²) in [5.41, 5.74) is 2.77. The van der Waals surface area contributed by atoms with Gasteiger partial charge in [0.2, 0.25) is 0 Å². The topological polar surface area (TPSA) is 0 Å². The van der Waals surface area contributed by atoms with Crippen LogP contribution in [0.1, 0.15) is 63.0 Å². The van der Waals surface area contributed by atoms with E-state index in [9.17, 15) is 0 Å². The van der Waals surface area contributed by atoms with Gasteiger partial charge in [-0.2, -0.15) is 0 Å². The molecule has 124 valence electrons. The fraction of sp³-hybridized carbons (Fsp3) is 0.632. The normalized spacial score (nSPS) is 10.8. The SMILES string of the molecule is CCCCCCCCCSC(=S)SCCc1cccc(C)c1. The number of unbranched alkanes of at least 4 members (excludes halogenated alkanes) is 6. The first-order valence-electron chi connectivity index (χ1n) is 8.57. The Hall–Kier alpha value is 0.01000. The van der Waals surface area contributed by atoms with Gasteiger partial charge in [-0.05, 0) is 31.1 Å². The number of hydrogen-bond acceptors (Lipinski definition) is 3. The van der Waals surface area contributed by atoms with Crippen LogP contribution in [-0.4, -0.2) is 15.0 Å². The monoisotopic (exact) mass is 354 g/mol. The molecule has 0 atom stereocenters. The van der Waals surface area contributed by atoms with Gasteiger partial charge in [-0.25, -0.2) is 0 Å². The average molecular weight is 355 g/mol. The molecule has 0 spiro atoms. The average Bonchev–Trinajstić information content (AvgIpc) is 2.50. The van der Waals surface area contributed by atoms with Crippen molar-refractivity contribution in [3.63, 3.8) is 0 Å². The number of rotatable bonds is 11. The number of aryl methyl sites for hydroxylation is 2. The van der Waals surface area contributed by atoms with Crippen LogP contribution in [-0.2, 0) is 6.42 Å². The summed E-state index contributed by atoms with van der Waals surface area (Å²) in [4.78, 5) is 0. The molecule has 0 N–H and O–H groups in total. The first-order valence-corrected chi connectivity index (χ1v) is 11.0. The highest BCUT2D eigenvalue weighted by atomic mass is 32.2. The molecule has 0 amide bonds. The van der Waals surface area contributed by atoms with Crippen molar-refractivity contribution in [3.8, 4) is 0 Å². The number of benzene rings is 1. The molecule has 0 aliphatic carbocycles. The molecule has 0 radical (unpaired) electrons. The van der Waals surface area contributed by atoms with Gasteiger partial charge in [0.05, 0.1) is 0 Å². The van der Waals surface area contributed by atoms with E-state index in [4.69, 9.17) is 12.2 Å². The summed E-state index contributed by atoms with van der Waals surface area (Å²) in [7, 11) is 0. The van der Waals surface area contributed by atoms with Gasteiger partial charge >= 0.3 is 0 Å². The molecule has 0 heterocycles. The van der Waals surface area contributed by atoms with Crippen molar-refractivity contribution in [1.29, 1.82) is 0 Å². The molecule has 0 aliphatic rings. The van der Waals surface area contributed by atoms with Crippen molar-refractivity contribution in [2.24, 2.45) is 0 Å². The fourth-order valence-electron chi connectivity index (χ4n) is 2.38. The van der Waals surface area contributed by atoms with Gasteiger partial charge in [0.15, 0.2) is 0 Å². The van der Waals surface area contributed by atoms with Crippen molar-refractivity contribution in [3.05, 3.63) is 35.4 Å². The quantitative estimate of drug-likeness (QED) is 0.309. The summed E-state index contributed by atoms with van der Waals surface area (Å²) in [5.74, 6) is 2.30. The molecular weight excluding hydrogens is 324 g/mol. The van der Waals surface area contributed by atoms with Crippen LogP contribution in [0.15, 0.2) is 24.3 Å². The molecule has 0 unspecified atom stereocenters. The minimum absolute atomic E-state index is 1.10. The molecule has 0 fully saturated rings. The minimum Gasteiger partial charge on any atom is -0.108 e. The summed E-state index contributed by atoms with van der Waals surface area (Å²) in [6.07, 6.45) is 10.8. The third kappa shape index (κ3) is 10.7. The Labute approximate surface area is 151 Å². The van der Waals surface area contributed by atoms with Crippen LogP contribution in [0.2, 0.25) is 0 Å². The van der Waals surface area contributed by atoms with Crippen LogP contribution in [0.3, 0.4) is 0 Å². The Morgan fingerprint density at radius 2 is 1.64 bits per heavy atom. The third-order valence-electron chi connectivity index (χ3n) is 3.66. The Balaban J connectivity index is 1.95. The predicted octanol–water partition coefficient (Wildman–Crippen LogP) is 7.04. The van der Waals surface area contributed by atoms with Crippen molar-refractivity contribution in [2.45, 2.75) is 65.2 Å². The molecule has 3 heteroatoms. The van der Waals surface area contributed by atoms with Gasteiger partial charge in [-0.15, -0.1) is 23.5 Å². The largest absolute Gasteiger partial charge is 0.108 e. The van der Waals surface area contributed by atoms with Gasteiger partial charge < -0.3 is 0 Å². The van der Waals surface area contributed by atoms with Crippen molar-refractivity contribution < 1.29 is 0 Å². The number of thiocarbonyl (C=S) groups is 1. The van der Waals surface area contributed by atoms with E-state index in [0.29, 0.717) is 0 Å². The summed E-state index contributed by atoms with van der Waals surface area (Å²) >= 11 is 9.18. The van der Waals surface area contributed by atoms with Gasteiger partial charge in [0.1, 0.15) is 3.53 Å². The third-order valence-corrected chi connectivity index (χ3v) is 6.45. The van der Waals surface area contributed by atoms with Crippen LogP contribution in [0.5, 0.6) is 0 Å². The summed E-state index contributed by atoms with van der Waals surface area (Å²) in [6.45, 7) is 4.42. The lowest BCUT2D eigenvalue weighted by atomic mass is 10.1. The van der Waals surface area contributed by atoms with E-state index < -0.39 is 0 Å². The minimum atomic E-state index is 1.10. The molecule has 0 saturated carbocycles. The van der Waals surface area contributed by atoms with Gasteiger partial charge in [-0.3, -0.25) is 0 Å². The smallest absolute Gasteiger partial charge is 0.104 e. The van der Waals surface area contributed by atoms with E-state index in [1.807, 2.05) is 23.5 Å². The van der Waals surface area contributed by atoms with E-state index in [1.54, 1.807) is 0 Å². The molecule has 22 heavy (non-hydrogen) atoms. The zero-order valence-electron chi connectivity index (χ0n) is 14.1. The fourth-order valence-corrected chi connectivity index (χ4v) is 4.73. The highest BCUT2D eigenvalue weighted by Crippen LogP contribution is 2.20. The molecule has 1 aromatic carbocycles. The molecule has 0 aliphatic heterocycles. The highest BCUT2D eigenvalue weighted by Gasteiger charge is 2.00. The molecule has 0 nitrogen and oxygen atoms in total. The van der Waals surface area contributed by atoms with Gasteiger partial charge in [-0.1, -0.05) is 87.5 Å². The Kier molecular flexibility index (Phi) is 12.3. The van der Waals surface area contributed by atoms with E-state index >= 15 is 0 Å². The summed E-state index contributed by atoms with van der Waals surface area (Å²) < 4.78 is 1.12. The second kappa shape index (κ2) is 13.4. The highest BCUT2D eigenvalue weighted by molar-refractivity contribution is 8.47. The lowest BCUT2D eigenvalue weighted by Gasteiger charge is -2.05. The van der Waals surface area contributed by atoms with E-state index in [0.717, 1.165) is 15.7 Å². The summed E-state index contributed by atoms with van der Waals surface area (Å²) in [6, 6.07) is 8.78. The predicted molar refractivity (Wildman–Crippen MR) is 110 cm³/mol. The lowest BCUT2D eigenvalue weighted by molar-refractivity contribution is 0.604. The second-order valence-corrected chi connectivity index (χ2v) is 9.20. The zero-order chi connectivity index (χ0) is 16.0.